The number of piperidine rings is 1. The molecule has 1 aliphatic heterocycles. The zero-order valence-corrected chi connectivity index (χ0v) is 13.2. The number of likely N-dealkylation sites (tertiary alicyclic amines) is 1. The van der Waals surface area contributed by atoms with Crippen molar-refractivity contribution in [3.63, 3.8) is 0 Å². The molecule has 4 nitrogen and oxygen atoms in total. The van der Waals surface area contributed by atoms with E-state index in [0.29, 0.717) is 5.92 Å². The minimum Gasteiger partial charge on any atom is -0.440 e. The summed E-state index contributed by atoms with van der Waals surface area (Å²) in [6.07, 6.45) is 7.18. The summed E-state index contributed by atoms with van der Waals surface area (Å²) in [7, 11) is 0. The molecular formula is C19H21N3O. The van der Waals surface area contributed by atoms with Gasteiger partial charge in [-0.25, -0.2) is 4.98 Å². The molecule has 0 aliphatic carbocycles. The van der Waals surface area contributed by atoms with Gasteiger partial charge in [-0.15, -0.1) is 0 Å². The van der Waals surface area contributed by atoms with Crippen LogP contribution in [0.3, 0.4) is 0 Å². The van der Waals surface area contributed by atoms with E-state index in [-0.39, 0.29) is 0 Å². The van der Waals surface area contributed by atoms with E-state index in [1.807, 2.05) is 36.7 Å². The van der Waals surface area contributed by atoms with Crippen LogP contribution in [0.4, 0.5) is 0 Å². The van der Waals surface area contributed by atoms with Crippen LogP contribution in [0.15, 0.2) is 53.2 Å². The van der Waals surface area contributed by atoms with Crippen LogP contribution in [0, 0.1) is 0 Å². The number of rotatable bonds is 4. The van der Waals surface area contributed by atoms with Crippen LogP contribution in [-0.2, 0) is 6.42 Å². The fraction of sp³-hybridized carbons (Fsp3) is 0.368. The fourth-order valence-electron chi connectivity index (χ4n) is 3.36. The molecule has 0 unspecified atom stereocenters. The quantitative estimate of drug-likeness (QED) is 0.738. The lowest BCUT2D eigenvalue weighted by atomic mass is 9.97. The summed E-state index contributed by atoms with van der Waals surface area (Å²) < 4.78 is 5.97. The van der Waals surface area contributed by atoms with Gasteiger partial charge in [-0.2, -0.15) is 0 Å². The van der Waals surface area contributed by atoms with Gasteiger partial charge in [0.1, 0.15) is 5.52 Å². The van der Waals surface area contributed by atoms with Crippen LogP contribution in [0.25, 0.3) is 11.1 Å². The number of nitrogens with zero attached hydrogens (tertiary/aromatic N) is 3. The van der Waals surface area contributed by atoms with Gasteiger partial charge >= 0.3 is 0 Å². The highest BCUT2D eigenvalue weighted by Gasteiger charge is 2.25. The highest BCUT2D eigenvalue weighted by Crippen LogP contribution is 2.28. The number of hydrogen-bond donors (Lipinski definition) is 0. The van der Waals surface area contributed by atoms with Gasteiger partial charge in [0.25, 0.3) is 0 Å². The van der Waals surface area contributed by atoms with Gasteiger partial charge in [0.2, 0.25) is 0 Å². The number of fused-ring (bicyclic) bond motifs is 1. The zero-order chi connectivity index (χ0) is 15.5. The van der Waals surface area contributed by atoms with Crippen molar-refractivity contribution in [2.45, 2.75) is 25.2 Å². The third-order valence-electron chi connectivity index (χ3n) is 4.63. The number of para-hydroxylation sites is 2. The summed E-state index contributed by atoms with van der Waals surface area (Å²) in [4.78, 5) is 11.3. The molecule has 0 spiro atoms. The molecule has 0 radical (unpaired) electrons. The standard InChI is InChI=1S/C19H21N3O/c1-2-6-18-17(5-1)21-19(23-18)16-4-3-12-22(14-16)13-9-15-7-10-20-11-8-15/h1-2,5-8,10-11,16H,3-4,9,12-14H2/t16-/m0/s1. The van der Waals surface area contributed by atoms with Crippen molar-refractivity contribution in [3.05, 3.63) is 60.2 Å². The monoisotopic (exact) mass is 307 g/mol. The van der Waals surface area contributed by atoms with Crippen LogP contribution in [-0.4, -0.2) is 34.5 Å². The number of pyridine rings is 1. The predicted octanol–water partition coefficient (Wildman–Crippen LogP) is 3.64. The Morgan fingerprint density at radius 3 is 2.87 bits per heavy atom. The fourth-order valence-corrected chi connectivity index (χ4v) is 3.36. The van der Waals surface area contributed by atoms with Crippen molar-refractivity contribution in [2.24, 2.45) is 0 Å². The molecule has 23 heavy (non-hydrogen) atoms. The van der Waals surface area contributed by atoms with Gasteiger partial charge in [0, 0.05) is 31.4 Å². The molecule has 4 heteroatoms. The van der Waals surface area contributed by atoms with Gasteiger partial charge in [-0.1, -0.05) is 12.1 Å². The van der Waals surface area contributed by atoms with E-state index >= 15 is 0 Å². The second-order valence-electron chi connectivity index (χ2n) is 6.27. The number of aromatic nitrogens is 2. The summed E-state index contributed by atoms with van der Waals surface area (Å²) in [5.41, 5.74) is 3.22. The van der Waals surface area contributed by atoms with Crippen molar-refractivity contribution in [1.82, 2.24) is 14.9 Å². The van der Waals surface area contributed by atoms with Crippen LogP contribution in [0.2, 0.25) is 0 Å². The molecule has 1 aromatic carbocycles. The summed E-state index contributed by atoms with van der Waals surface area (Å²) in [6, 6.07) is 12.2. The van der Waals surface area contributed by atoms with Crippen molar-refractivity contribution in [2.75, 3.05) is 19.6 Å². The van der Waals surface area contributed by atoms with E-state index in [0.717, 1.165) is 36.5 Å². The first-order valence-corrected chi connectivity index (χ1v) is 8.35. The first kappa shape index (κ1) is 14.4. The van der Waals surface area contributed by atoms with E-state index in [1.165, 1.54) is 24.9 Å². The summed E-state index contributed by atoms with van der Waals surface area (Å²) in [5.74, 6) is 1.31. The Balaban J connectivity index is 1.42. The molecule has 1 saturated heterocycles. The van der Waals surface area contributed by atoms with Gasteiger partial charge in [-0.3, -0.25) is 4.98 Å². The normalized spacial score (nSPS) is 19.2. The van der Waals surface area contributed by atoms with Crippen molar-refractivity contribution in [1.29, 1.82) is 0 Å². The molecule has 1 fully saturated rings. The second-order valence-corrected chi connectivity index (χ2v) is 6.27. The zero-order valence-electron chi connectivity index (χ0n) is 13.2. The Labute approximate surface area is 136 Å². The molecule has 2 aromatic heterocycles. The molecule has 3 aromatic rings. The van der Waals surface area contributed by atoms with E-state index in [9.17, 15) is 0 Å². The van der Waals surface area contributed by atoms with Crippen LogP contribution in [0.5, 0.6) is 0 Å². The largest absolute Gasteiger partial charge is 0.440 e. The molecule has 0 amide bonds. The molecule has 1 aliphatic rings. The second kappa shape index (κ2) is 6.50. The Hall–Kier alpha value is -2.20. The Kier molecular flexibility index (Phi) is 4.07. The Bertz CT molecular complexity index is 735. The molecule has 1 atom stereocenters. The van der Waals surface area contributed by atoms with Gasteiger partial charge in [0.15, 0.2) is 11.5 Å². The summed E-state index contributed by atoms with van der Waals surface area (Å²) in [6.45, 7) is 3.29. The van der Waals surface area contributed by atoms with Gasteiger partial charge in [-0.05, 0) is 55.6 Å². The first-order valence-electron chi connectivity index (χ1n) is 8.35. The third-order valence-corrected chi connectivity index (χ3v) is 4.63. The average Bonchev–Trinajstić information content (AvgIpc) is 3.05. The lowest BCUT2D eigenvalue weighted by Crippen LogP contribution is -2.35. The highest BCUT2D eigenvalue weighted by atomic mass is 16.3. The average molecular weight is 307 g/mol. The van der Waals surface area contributed by atoms with Gasteiger partial charge < -0.3 is 9.32 Å². The van der Waals surface area contributed by atoms with Crippen molar-refractivity contribution in [3.8, 4) is 0 Å². The molecule has 4 rings (SSSR count). The molecule has 0 bridgehead atoms. The first-order chi connectivity index (χ1) is 11.4. The smallest absolute Gasteiger partial charge is 0.199 e. The Morgan fingerprint density at radius 2 is 2.00 bits per heavy atom. The maximum atomic E-state index is 5.97. The minimum absolute atomic E-state index is 0.411. The highest BCUT2D eigenvalue weighted by molar-refractivity contribution is 5.72. The van der Waals surface area contributed by atoms with Crippen LogP contribution >= 0.6 is 0 Å². The molecule has 3 heterocycles. The topological polar surface area (TPSA) is 42.2 Å². The molecule has 0 N–H and O–H groups in total. The minimum atomic E-state index is 0.411. The summed E-state index contributed by atoms with van der Waals surface area (Å²) >= 11 is 0. The Morgan fingerprint density at radius 1 is 1.13 bits per heavy atom. The molecular weight excluding hydrogens is 286 g/mol. The van der Waals surface area contributed by atoms with Gasteiger partial charge in [0.05, 0.1) is 0 Å². The van der Waals surface area contributed by atoms with Crippen LogP contribution in [0.1, 0.15) is 30.2 Å². The molecule has 0 saturated carbocycles. The predicted molar refractivity (Wildman–Crippen MR) is 90.4 cm³/mol. The maximum absolute atomic E-state index is 5.97. The molecule has 118 valence electrons. The van der Waals surface area contributed by atoms with E-state index in [2.05, 4.69) is 27.0 Å². The van der Waals surface area contributed by atoms with E-state index in [4.69, 9.17) is 4.42 Å². The number of hydrogen-bond acceptors (Lipinski definition) is 4. The lowest BCUT2D eigenvalue weighted by molar-refractivity contribution is 0.196. The maximum Gasteiger partial charge on any atom is 0.199 e. The van der Waals surface area contributed by atoms with Crippen molar-refractivity contribution < 1.29 is 4.42 Å². The third kappa shape index (κ3) is 3.27. The van der Waals surface area contributed by atoms with E-state index in [1.54, 1.807) is 0 Å². The van der Waals surface area contributed by atoms with Crippen molar-refractivity contribution >= 4 is 11.1 Å². The SMILES string of the molecule is c1ccc2oc([C@H]3CCCN(CCc4ccncc4)C3)nc2c1. The number of benzene rings is 1. The van der Waals surface area contributed by atoms with E-state index < -0.39 is 0 Å². The van der Waals surface area contributed by atoms with Crippen LogP contribution < -0.4 is 0 Å². The summed E-state index contributed by atoms with van der Waals surface area (Å²) in [5, 5.41) is 0. The number of oxazole rings is 1. The lowest BCUT2D eigenvalue weighted by Gasteiger charge is -2.31.